The number of piperidine rings is 1. The van der Waals surface area contributed by atoms with Crippen molar-refractivity contribution in [1.29, 1.82) is 0 Å². The molecule has 1 aliphatic heterocycles. The zero-order valence-corrected chi connectivity index (χ0v) is 14.3. The van der Waals surface area contributed by atoms with Crippen molar-refractivity contribution >= 4 is 28.5 Å². The van der Waals surface area contributed by atoms with Gasteiger partial charge in [-0.05, 0) is 37.7 Å². The largest absolute Gasteiger partial charge is 0.449 e. The normalized spacial score (nSPS) is 17.7. The van der Waals surface area contributed by atoms with Gasteiger partial charge in [-0.1, -0.05) is 30.7 Å². The van der Waals surface area contributed by atoms with Crippen LogP contribution in [0.2, 0.25) is 5.02 Å². The highest BCUT2D eigenvalue weighted by atomic mass is 35.5. The Labute approximate surface area is 141 Å². The van der Waals surface area contributed by atoms with Gasteiger partial charge in [0, 0.05) is 30.6 Å². The molecule has 4 nitrogen and oxygen atoms in total. The third kappa shape index (κ3) is 2.74. The summed E-state index contributed by atoms with van der Waals surface area (Å²) in [6.07, 6.45) is 2.59. The second-order valence-electron chi connectivity index (χ2n) is 6.48. The molecule has 0 spiro atoms. The molecule has 0 saturated carbocycles. The number of carbonyl (C=O) groups is 1. The van der Waals surface area contributed by atoms with Gasteiger partial charge in [0.15, 0.2) is 11.3 Å². The number of carbonyl (C=O) groups excluding carboxylic acids is 1. The Morgan fingerprint density at radius 1 is 1.39 bits per heavy atom. The number of amides is 1. The number of fused-ring (bicyclic) bond motifs is 1. The fourth-order valence-corrected chi connectivity index (χ4v) is 3.58. The van der Waals surface area contributed by atoms with E-state index in [0.717, 1.165) is 30.2 Å². The van der Waals surface area contributed by atoms with Crippen molar-refractivity contribution in [1.82, 2.24) is 4.90 Å². The van der Waals surface area contributed by atoms with Crippen molar-refractivity contribution in [3.05, 3.63) is 34.5 Å². The molecular formula is C18H22ClNO3. The molecule has 0 unspecified atom stereocenters. The highest BCUT2D eigenvalue weighted by molar-refractivity contribution is 6.35. The summed E-state index contributed by atoms with van der Waals surface area (Å²) in [5, 5.41) is 11.0. The molecule has 1 aromatic heterocycles. The van der Waals surface area contributed by atoms with E-state index in [4.69, 9.17) is 16.0 Å². The Hall–Kier alpha value is -1.52. The molecule has 1 amide bonds. The maximum Gasteiger partial charge on any atom is 0.289 e. The standard InChI is InChI=1S/C18H22ClNO3/c1-3-18(11-21)7-9-20(10-8-18)17(22)15-12(2)13-5-4-6-14(19)16(13)23-15/h4-6,21H,3,7-11H2,1-2H3. The van der Waals surface area contributed by atoms with Gasteiger partial charge >= 0.3 is 0 Å². The molecule has 1 N–H and O–H groups in total. The molecule has 1 fully saturated rings. The highest BCUT2D eigenvalue weighted by Crippen LogP contribution is 2.36. The number of para-hydroxylation sites is 1. The third-order valence-corrected chi connectivity index (χ3v) is 5.60. The van der Waals surface area contributed by atoms with Crippen LogP contribution in [0.4, 0.5) is 0 Å². The Kier molecular flexibility index (Phi) is 4.39. The van der Waals surface area contributed by atoms with Crippen LogP contribution < -0.4 is 0 Å². The number of hydrogen-bond donors (Lipinski definition) is 1. The number of aliphatic hydroxyl groups excluding tert-OH is 1. The fourth-order valence-electron chi connectivity index (χ4n) is 3.36. The molecule has 1 aromatic carbocycles. The number of aliphatic hydroxyl groups is 1. The number of hydrogen-bond acceptors (Lipinski definition) is 3. The Bertz CT molecular complexity index is 723. The summed E-state index contributed by atoms with van der Waals surface area (Å²) < 4.78 is 5.78. The maximum absolute atomic E-state index is 12.8. The van der Waals surface area contributed by atoms with Gasteiger partial charge in [0.1, 0.15) is 0 Å². The quantitative estimate of drug-likeness (QED) is 0.921. The second-order valence-corrected chi connectivity index (χ2v) is 6.88. The molecule has 0 radical (unpaired) electrons. The second kappa shape index (κ2) is 6.17. The first kappa shape index (κ1) is 16.3. The van der Waals surface area contributed by atoms with Gasteiger partial charge in [0.05, 0.1) is 5.02 Å². The molecule has 5 heteroatoms. The Balaban J connectivity index is 1.85. The summed E-state index contributed by atoms with van der Waals surface area (Å²) in [5.41, 5.74) is 1.37. The van der Waals surface area contributed by atoms with Gasteiger partial charge < -0.3 is 14.4 Å². The van der Waals surface area contributed by atoms with Crippen molar-refractivity contribution in [2.45, 2.75) is 33.1 Å². The molecule has 1 saturated heterocycles. The number of aryl methyl sites for hydroxylation is 1. The molecule has 1 aliphatic rings. The van der Waals surface area contributed by atoms with Gasteiger partial charge in [-0.15, -0.1) is 0 Å². The van der Waals surface area contributed by atoms with Crippen LogP contribution in [0.25, 0.3) is 11.0 Å². The lowest BCUT2D eigenvalue weighted by molar-refractivity contribution is 0.0321. The summed E-state index contributed by atoms with van der Waals surface area (Å²) in [5.74, 6) is 0.290. The molecule has 23 heavy (non-hydrogen) atoms. The van der Waals surface area contributed by atoms with Crippen molar-refractivity contribution in [3.8, 4) is 0 Å². The van der Waals surface area contributed by atoms with Crippen molar-refractivity contribution in [2.75, 3.05) is 19.7 Å². The van der Waals surface area contributed by atoms with Crippen molar-refractivity contribution < 1.29 is 14.3 Å². The van der Waals surface area contributed by atoms with Crippen LogP contribution in [0.3, 0.4) is 0 Å². The lowest BCUT2D eigenvalue weighted by Crippen LogP contribution is -2.44. The minimum absolute atomic E-state index is 0.0387. The number of nitrogens with zero attached hydrogens (tertiary/aromatic N) is 1. The van der Waals surface area contributed by atoms with Crippen LogP contribution >= 0.6 is 11.6 Å². The maximum atomic E-state index is 12.8. The van der Waals surface area contributed by atoms with E-state index in [0.29, 0.717) is 29.5 Å². The van der Waals surface area contributed by atoms with Crippen LogP contribution in [-0.4, -0.2) is 35.6 Å². The Morgan fingerprint density at radius 3 is 2.65 bits per heavy atom. The minimum atomic E-state index is -0.0857. The number of benzene rings is 1. The molecule has 3 rings (SSSR count). The average Bonchev–Trinajstić information content (AvgIpc) is 2.93. The summed E-state index contributed by atoms with van der Waals surface area (Å²) in [6, 6.07) is 5.54. The van der Waals surface area contributed by atoms with E-state index >= 15 is 0 Å². The van der Waals surface area contributed by atoms with Crippen LogP contribution in [0, 0.1) is 12.3 Å². The van der Waals surface area contributed by atoms with Crippen LogP contribution in [-0.2, 0) is 0 Å². The zero-order chi connectivity index (χ0) is 16.6. The zero-order valence-electron chi connectivity index (χ0n) is 13.6. The lowest BCUT2D eigenvalue weighted by atomic mass is 9.77. The first-order chi connectivity index (χ1) is 11.0. The van der Waals surface area contributed by atoms with Gasteiger partial charge in [0.2, 0.25) is 0 Å². The average molecular weight is 336 g/mol. The first-order valence-electron chi connectivity index (χ1n) is 8.09. The van der Waals surface area contributed by atoms with Gasteiger partial charge in [-0.2, -0.15) is 0 Å². The predicted molar refractivity (Wildman–Crippen MR) is 90.9 cm³/mol. The van der Waals surface area contributed by atoms with Crippen LogP contribution in [0.5, 0.6) is 0 Å². The van der Waals surface area contributed by atoms with E-state index in [2.05, 4.69) is 6.92 Å². The summed E-state index contributed by atoms with van der Waals surface area (Å²) in [7, 11) is 0. The molecular weight excluding hydrogens is 314 g/mol. The number of furan rings is 1. The SMILES string of the molecule is CCC1(CO)CCN(C(=O)c2oc3c(Cl)cccc3c2C)CC1. The lowest BCUT2D eigenvalue weighted by Gasteiger charge is -2.40. The summed E-state index contributed by atoms with van der Waals surface area (Å²) >= 11 is 6.16. The van der Waals surface area contributed by atoms with E-state index in [-0.39, 0.29) is 17.9 Å². The monoisotopic (exact) mass is 335 g/mol. The van der Waals surface area contributed by atoms with E-state index in [1.807, 2.05) is 24.0 Å². The van der Waals surface area contributed by atoms with Crippen LogP contribution in [0.1, 0.15) is 42.3 Å². The predicted octanol–water partition coefficient (Wildman–Crippen LogP) is 4.02. The minimum Gasteiger partial charge on any atom is -0.449 e. The van der Waals surface area contributed by atoms with Gasteiger partial charge in [-0.25, -0.2) is 0 Å². The molecule has 0 atom stereocenters. The van der Waals surface area contributed by atoms with Crippen molar-refractivity contribution in [2.24, 2.45) is 5.41 Å². The highest BCUT2D eigenvalue weighted by Gasteiger charge is 2.35. The molecule has 2 heterocycles. The number of likely N-dealkylation sites (tertiary alicyclic amines) is 1. The fraction of sp³-hybridized carbons (Fsp3) is 0.500. The van der Waals surface area contributed by atoms with Gasteiger partial charge in [-0.3, -0.25) is 4.79 Å². The van der Waals surface area contributed by atoms with Gasteiger partial charge in [0.25, 0.3) is 5.91 Å². The topological polar surface area (TPSA) is 53.7 Å². The third-order valence-electron chi connectivity index (χ3n) is 5.31. The van der Waals surface area contributed by atoms with Crippen LogP contribution in [0.15, 0.2) is 22.6 Å². The molecule has 0 aliphatic carbocycles. The smallest absolute Gasteiger partial charge is 0.289 e. The van der Waals surface area contributed by atoms with E-state index in [1.54, 1.807) is 6.07 Å². The Morgan fingerprint density at radius 2 is 2.09 bits per heavy atom. The summed E-state index contributed by atoms with van der Waals surface area (Å²) in [4.78, 5) is 14.6. The van der Waals surface area contributed by atoms with Crippen molar-refractivity contribution in [3.63, 3.8) is 0 Å². The molecule has 124 valence electrons. The van der Waals surface area contributed by atoms with E-state index in [9.17, 15) is 9.90 Å². The van der Waals surface area contributed by atoms with E-state index < -0.39 is 0 Å². The number of halogens is 1. The molecule has 0 bridgehead atoms. The molecule has 2 aromatic rings. The first-order valence-corrected chi connectivity index (χ1v) is 8.47. The van der Waals surface area contributed by atoms with E-state index in [1.165, 1.54) is 0 Å². The number of rotatable bonds is 3. The summed E-state index contributed by atoms with van der Waals surface area (Å²) in [6.45, 7) is 5.47.